The first kappa shape index (κ1) is 19.6. The number of aromatic nitrogens is 2. The fraction of sp³-hybridized carbons (Fsp3) is 0.750. The van der Waals surface area contributed by atoms with E-state index < -0.39 is 6.55 Å². The van der Waals surface area contributed by atoms with Crippen molar-refractivity contribution in [2.75, 3.05) is 19.6 Å². The second-order valence-electron chi connectivity index (χ2n) is 4.65. The van der Waals surface area contributed by atoms with E-state index in [0.29, 0.717) is 18.4 Å². The Bertz CT molecular complexity index is 370. The molecule has 0 amide bonds. The van der Waals surface area contributed by atoms with Crippen molar-refractivity contribution in [2.45, 2.75) is 38.9 Å². The summed E-state index contributed by atoms with van der Waals surface area (Å²) in [6.45, 7) is 2.96. The molecule has 1 N–H and O–H groups in total. The molecule has 1 unspecified atom stereocenters. The van der Waals surface area contributed by atoms with E-state index in [1.54, 1.807) is 0 Å². The van der Waals surface area contributed by atoms with Gasteiger partial charge in [0, 0.05) is 25.0 Å². The lowest BCUT2D eigenvalue weighted by Crippen LogP contribution is -2.37. The first-order valence-corrected chi connectivity index (χ1v) is 6.47. The molecule has 1 aromatic heterocycles. The summed E-state index contributed by atoms with van der Waals surface area (Å²) in [5.41, 5.74) is 0. The van der Waals surface area contributed by atoms with Crippen LogP contribution < -0.4 is 5.32 Å². The van der Waals surface area contributed by atoms with E-state index in [4.69, 9.17) is 0 Å². The summed E-state index contributed by atoms with van der Waals surface area (Å²) in [5.74, 6) is 0.449. The van der Waals surface area contributed by atoms with Crippen LogP contribution in [-0.2, 0) is 6.54 Å². The topological polar surface area (TPSA) is 33.1 Å². The summed E-state index contributed by atoms with van der Waals surface area (Å²) in [7, 11) is 0. The SMILES string of the molecule is CCCN(Cc1nccn1C(F)F)C1CCNC1.Cl.Cl. The minimum atomic E-state index is -2.51. The monoisotopic (exact) mass is 330 g/mol. The van der Waals surface area contributed by atoms with Crippen LogP contribution in [0, 0.1) is 0 Å². The molecule has 0 saturated carbocycles. The molecule has 0 radical (unpaired) electrons. The highest BCUT2D eigenvalue weighted by Crippen LogP contribution is 2.17. The van der Waals surface area contributed by atoms with Crippen molar-refractivity contribution < 1.29 is 8.78 Å². The van der Waals surface area contributed by atoms with E-state index in [2.05, 4.69) is 22.1 Å². The molecule has 0 bridgehead atoms. The lowest BCUT2D eigenvalue weighted by Gasteiger charge is -2.27. The molecule has 1 aliphatic heterocycles. The number of hydrogen-bond acceptors (Lipinski definition) is 3. The highest BCUT2D eigenvalue weighted by atomic mass is 35.5. The lowest BCUT2D eigenvalue weighted by molar-refractivity contribution is 0.0623. The first-order valence-electron chi connectivity index (χ1n) is 6.47. The Morgan fingerprint density at radius 2 is 2.25 bits per heavy atom. The van der Waals surface area contributed by atoms with Gasteiger partial charge in [0.25, 0.3) is 0 Å². The number of imidazole rings is 1. The van der Waals surface area contributed by atoms with Gasteiger partial charge in [-0.1, -0.05) is 6.92 Å². The molecule has 1 aromatic rings. The van der Waals surface area contributed by atoms with Gasteiger partial charge in [0.2, 0.25) is 0 Å². The number of hydrogen-bond donors (Lipinski definition) is 1. The molecule has 1 aliphatic rings. The molecule has 2 rings (SSSR count). The zero-order chi connectivity index (χ0) is 13.0. The van der Waals surface area contributed by atoms with Crippen molar-refractivity contribution in [3.05, 3.63) is 18.2 Å². The predicted molar refractivity (Wildman–Crippen MR) is 80.0 cm³/mol. The number of halogens is 4. The van der Waals surface area contributed by atoms with Gasteiger partial charge >= 0.3 is 6.55 Å². The number of alkyl halides is 2. The van der Waals surface area contributed by atoms with E-state index in [9.17, 15) is 8.78 Å². The largest absolute Gasteiger partial charge is 0.319 e. The van der Waals surface area contributed by atoms with Crippen LogP contribution >= 0.6 is 24.8 Å². The molecule has 4 nitrogen and oxygen atoms in total. The van der Waals surface area contributed by atoms with E-state index >= 15 is 0 Å². The van der Waals surface area contributed by atoms with Gasteiger partial charge in [0.05, 0.1) is 6.54 Å². The van der Waals surface area contributed by atoms with Crippen LogP contribution in [-0.4, -0.2) is 40.1 Å². The molecule has 1 fully saturated rings. The molecule has 118 valence electrons. The van der Waals surface area contributed by atoms with E-state index in [1.165, 1.54) is 12.4 Å². The smallest absolute Gasteiger partial charge is 0.315 e. The average molecular weight is 331 g/mol. The number of nitrogens with zero attached hydrogens (tertiary/aromatic N) is 3. The third-order valence-electron chi connectivity index (χ3n) is 3.37. The van der Waals surface area contributed by atoms with Gasteiger partial charge in [-0.3, -0.25) is 9.47 Å². The predicted octanol–water partition coefficient (Wildman–Crippen LogP) is 2.70. The fourth-order valence-electron chi connectivity index (χ4n) is 2.45. The summed E-state index contributed by atoms with van der Waals surface area (Å²) >= 11 is 0. The molecule has 1 saturated heterocycles. The van der Waals surface area contributed by atoms with E-state index in [0.717, 1.165) is 37.0 Å². The zero-order valence-electron chi connectivity index (χ0n) is 11.5. The summed E-state index contributed by atoms with van der Waals surface area (Å²) in [5, 5.41) is 3.31. The third kappa shape index (κ3) is 4.84. The molecular weight excluding hydrogens is 309 g/mol. The van der Waals surface area contributed by atoms with Crippen molar-refractivity contribution in [1.82, 2.24) is 19.8 Å². The maximum atomic E-state index is 12.8. The van der Waals surface area contributed by atoms with Crippen LogP contribution in [0.2, 0.25) is 0 Å². The van der Waals surface area contributed by atoms with Crippen molar-refractivity contribution in [3.63, 3.8) is 0 Å². The molecular formula is C12H22Cl2F2N4. The van der Waals surface area contributed by atoms with Crippen molar-refractivity contribution in [3.8, 4) is 0 Å². The second kappa shape index (κ2) is 9.50. The van der Waals surface area contributed by atoms with Gasteiger partial charge < -0.3 is 5.32 Å². The number of nitrogens with one attached hydrogen (secondary N) is 1. The van der Waals surface area contributed by atoms with E-state index in [1.807, 2.05) is 0 Å². The zero-order valence-corrected chi connectivity index (χ0v) is 13.1. The fourth-order valence-corrected chi connectivity index (χ4v) is 2.45. The Balaban J connectivity index is 0.00000180. The molecule has 1 atom stereocenters. The molecule has 0 spiro atoms. The lowest BCUT2D eigenvalue weighted by atomic mass is 10.2. The molecule has 2 heterocycles. The van der Waals surface area contributed by atoms with Crippen LogP contribution in [0.5, 0.6) is 0 Å². The minimum Gasteiger partial charge on any atom is -0.315 e. The third-order valence-corrected chi connectivity index (χ3v) is 3.37. The number of rotatable bonds is 6. The highest BCUT2D eigenvalue weighted by Gasteiger charge is 2.23. The van der Waals surface area contributed by atoms with Crippen molar-refractivity contribution in [2.24, 2.45) is 0 Å². The standard InChI is InChI=1S/C12H20F2N4.2ClH/c1-2-6-17(10-3-4-15-8-10)9-11-16-5-7-18(11)12(13)14;;/h5,7,10,12,15H,2-4,6,8-9H2,1H3;2*1H. The van der Waals surface area contributed by atoms with Crippen LogP contribution in [0.1, 0.15) is 32.1 Å². The summed E-state index contributed by atoms with van der Waals surface area (Å²) in [6.07, 6.45) is 4.89. The normalized spacial score (nSPS) is 18.1. The van der Waals surface area contributed by atoms with Crippen LogP contribution in [0.25, 0.3) is 0 Å². The molecule has 0 aromatic carbocycles. The van der Waals surface area contributed by atoms with Gasteiger partial charge in [-0.2, -0.15) is 8.78 Å². The maximum absolute atomic E-state index is 12.8. The summed E-state index contributed by atoms with van der Waals surface area (Å²) < 4.78 is 26.5. The minimum absolute atomic E-state index is 0. The first-order chi connectivity index (χ1) is 8.72. The average Bonchev–Trinajstić information content (AvgIpc) is 2.99. The van der Waals surface area contributed by atoms with Gasteiger partial charge in [0.15, 0.2) is 0 Å². The Hall–Kier alpha value is -0.430. The van der Waals surface area contributed by atoms with Gasteiger partial charge in [0.1, 0.15) is 5.82 Å². The van der Waals surface area contributed by atoms with E-state index in [-0.39, 0.29) is 24.8 Å². The van der Waals surface area contributed by atoms with Crippen LogP contribution in [0.3, 0.4) is 0 Å². The van der Waals surface area contributed by atoms with Gasteiger partial charge in [-0.05, 0) is 25.9 Å². The molecule has 0 aliphatic carbocycles. The summed E-state index contributed by atoms with van der Waals surface area (Å²) in [4.78, 5) is 6.30. The maximum Gasteiger partial charge on any atom is 0.319 e. The quantitative estimate of drug-likeness (QED) is 0.870. The second-order valence-corrected chi connectivity index (χ2v) is 4.65. The van der Waals surface area contributed by atoms with Gasteiger partial charge in [-0.15, -0.1) is 24.8 Å². The Kier molecular flexibility index (Phi) is 9.29. The van der Waals surface area contributed by atoms with Crippen LogP contribution in [0.4, 0.5) is 8.78 Å². The summed E-state index contributed by atoms with van der Waals surface area (Å²) in [6, 6.07) is 0.438. The van der Waals surface area contributed by atoms with Crippen LogP contribution in [0.15, 0.2) is 12.4 Å². The highest BCUT2D eigenvalue weighted by molar-refractivity contribution is 5.85. The Morgan fingerprint density at radius 3 is 2.80 bits per heavy atom. The van der Waals surface area contributed by atoms with Crippen molar-refractivity contribution in [1.29, 1.82) is 0 Å². The Morgan fingerprint density at radius 1 is 1.50 bits per heavy atom. The molecule has 20 heavy (non-hydrogen) atoms. The molecule has 8 heteroatoms. The van der Waals surface area contributed by atoms with Gasteiger partial charge in [-0.25, -0.2) is 4.98 Å². The van der Waals surface area contributed by atoms with Crippen molar-refractivity contribution >= 4 is 24.8 Å². The Labute approximate surface area is 130 Å².